The minimum absolute atomic E-state index is 0.00426. The van der Waals surface area contributed by atoms with Gasteiger partial charge in [-0.1, -0.05) is 36.3 Å². The number of hydrogen-bond acceptors (Lipinski definition) is 5. The van der Waals surface area contributed by atoms with Crippen molar-refractivity contribution >= 4 is 0 Å². The first kappa shape index (κ1) is 19.9. The predicted molar refractivity (Wildman–Crippen MR) is 97.3 cm³/mol. The monoisotopic (exact) mass is 391 g/mol. The number of alkyl halides is 2. The highest BCUT2D eigenvalue weighted by molar-refractivity contribution is 5.63. The molecule has 1 unspecified atom stereocenters. The van der Waals surface area contributed by atoms with E-state index >= 15 is 0 Å². The molecule has 3 rings (SSSR count). The summed E-state index contributed by atoms with van der Waals surface area (Å²) in [5, 5.41) is 3.90. The topological polar surface area (TPSA) is 51.4 Å². The van der Waals surface area contributed by atoms with Crippen LogP contribution in [0.4, 0.5) is 13.2 Å². The standard InChI is InChI=1S/C20H20F3N3O2/c1-3-26(13(2)14-8-10-15(21)11-9-14)12-18-24-19(25-28-18)16-6-4-5-7-17(16)27-20(22)23/h4-11,13,20H,3,12H2,1-2H3. The van der Waals surface area contributed by atoms with Crippen LogP contribution < -0.4 is 4.74 Å². The summed E-state index contributed by atoms with van der Waals surface area (Å²) < 4.78 is 48.2. The van der Waals surface area contributed by atoms with Crippen molar-refractivity contribution < 1.29 is 22.4 Å². The lowest BCUT2D eigenvalue weighted by Gasteiger charge is -2.26. The Balaban J connectivity index is 1.77. The van der Waals surface area contributed by atoms with Crippen molar-refractivity contribution in [1.82, 2.24) is 15.0 Å². The predicted octanol–water partition coefficient (Wildman–Crippen LogP) is 5.06. The van der Waals surface area contributed by atoms with Crippen LogP contribution in [-0.4, -0.2) is 28.2 Å². The maximum atomic E-state index is 13.2. The summed E-state index contributed by atoms with van der Waals surface area (Å²) in [6.45, 7) is 2.10. The van der Waals surface area contributed by atoms with E-state index in [0.717, 1.165) is 5.56 Å². The van der Waals surface area contributed by atoms with E-state index in [0.29, 0.717) is 24.5 Å². The molecule has 0 bridgehead atoms. The second-order valence-corrected chi connectivity index (χ2v) is 6.18. The molecule has 0 aliphatic rings. The van der Waals surface area contributed by atoms with Gasteiger partial charge in [0, 0.05) is 6.04 Å². The first-order chi connectivity index (χ1) is 13.5. The van der Waals surface area contributed by atoms with Gasteiger partial charge in [0.1, 0.15) is 11.6 Å². The van der Waals surface area contributed by atoms with Crippen LogP contribution in [0.5, 0.6) is 5.75 Å². The molecule has 148 valence electrons. The number of para-hydroxylation sites is 1. The third-order valence-corrected chi connectivity index (χ3v) is 4.46. The Bertz CT molecular complexity index is 900. The lowest BCUT2D eigenvalue weighted by Crippen LogP contribution is -2.26. The van der Waals surface area contributed by atoms with Crippen LogP contribution in [0.15, 0.2) is 53.1 Å². The quantitative estimate of drug-likeness (QED) is 0.537. The van der Waals surface area contributed by atoms with E-state index in [4.69, 9.17) is 4.52 Å². The summed E-state index contributed by atoms with van der Waals surface area (Å²) >= 11 is 0. The van der Waals surface area contributed by atoms with Gasteiger partial charge in [0.15, 0.2) is 0 Å². The van der Waals surface area contributed by atoms with Gasteiger partial charge in [-0.05, 0) is 43.3 Å². The van der Waals surface area contributed by atoms with E-state index in [-0.39, 0.29) is 23.4 Å². The fraction of sp³-hybridized carbons (Fsp3) is 0.300. The van der Waals surface area contributed by atoms with Gasteiger partial charge in [0.05, 0.1) is 12.1 Å². The molecule has 1 atom stereocenters. The molecule has 1 aromatic heterocycles. The zero-order valence-electron chi connectivity index (χ0n) is 15.5. The number of benzene rings is 2. The highest BCUT2D eigenvalue weighted by atomic mass is 19.3. The highest BCUT2D eigenvalue weighted by Crippen LogP contribution is 2.29. The number of halogens is 3. The second kappa shape index (κ2) is 8.88. The van der Waals surface area contributed by atoms with E-state index < -0.39 is 6.61 Å². The van der Waals surface area contributed by atoms with E-state index in [1.807, 2.05) is 13.8 Å². The molecule has 8 heteroatoms. The van der Waals surface area contributed by atoms with Crippen molar-refractivity contribution in [2.75, 3.05) is 6.54 Å². The van der Waals surface area contributed by atoms with Crippen molar-refractivity contribution in [2.24, 2.45) is 0 Å². The molecule has 0 aliphatic carbocycles. The van der Waals surface area contributed by atoms with Gasteiger partial charge < -0.3 is 9.26 Å². The first-order valence-electron chi connectivity index (χ1n) is 8.84. The molecule has 0 aliphatic heterocycles. The van der Waals surface area contributed by atoms with Crippen molar-refractivity contribution in [1.29, 1.82) is 0 Å². The second-order valence-electron chi connectivity index (χ2n) is 6.18. The molecule has 2 aromatic carbocycles. The fourth-order valence-corrected chi connectivity index (χ4v) is 2.93. The van der Waals surface area contributed by atoms with E-state index in [1.165, 1.54) is 18.2 Å². The Morgan fingerprint density at radius 3 is 2.50 bits per heavy atom. The van der Waals surface area contributed by atoms with E-state index in [9.17, 15) is 13.2 Å². The molecule has 5 nitrogen and oxygen atoms in total. The molecule has 0 saturated carbocycles. The molecule has 0 spiro atoms. The van der Waals surface area contributed by atoms with Crippen LogP contribution >= 0.6 is 0 Å². The molecule has 0 N–H and O–H groups in total. The first-order valence-corrected chi connectivity index (χ1v) is 8.84. The third kappa shape index (κ3) is 4.69. The molecule has 1 heterocycles. The van der Waals surface area contributed by atoms with Crippen LogP contribution in [0.3, 0.4) is 0 Å². The van der Waals surface area contributed by atoms with Crippen LogP contribution in [0.2, 0.25) is 0 Å². The Morgan fingerprint density at radius 2 is 1.82 bits per heavy atom. The van der Waals surface area contributed by atoms with Gasteiger partial charge >= 0.3 is 6.61 Å². The number of hydrogen-bond donors (Lipinski definition) is 0. The fourth-order valence-electron chi connectivity index (χ4n) is 2.93. The number of nitrogens with zero attached hydrogens (tertiary/aromatic N) is 3. The lowest BCUT2D eigenvalue weighted by atomic mass is 10.1. The van der Waals surface area contributed by atoms with Gasteiger partial charge in [-0.3, -0.25) is 4.90 Å². The van der Waals surface area contributed by atoms with Gasteiger partial charge in [-0.25, -0.2) is 4.39 Å². The van der Waals surface area contributed by atoms with Crippen LogP contribution in [0, 0.1) is 5.82 Å². The molecule has 0 fully saturated rings. The summed E-state index contributed by atoms with van der Waals surface area (Å²) in [6, 6.07) is 12.6. The Labute approximate surface area is 160 Å². The average Bonchev–Trinajstić information content (AvgIpc) is 3.14. The lowest BCUT2D eigenvalue weighted by molar-refractivity contribution is -0.0494. The van der Waals surface area contributed by atoms with Crippen molar-refractivity contribution in [3.8, 4) is 17.1 Å². The van der Waals surface area contributed by atoms with Gasteiger partial charge in [-0.2, -0.15) is 13.8 Å². The molecule has 0 saturated heterocycles. The molecular weight excluding hydrogens is 371 g/mol. The Hall–Kier alpha value is -2.87. The SMILES string of the molecule is CCN(Cc1nc(-c2ccccc2OC(F)F)no1)C(C)c1ccc(F)cc1. The van der Waals surface area contributed by atoms with Crippen molar-refractivity contribution in [3.05, 3.63) is 65.8 Å². The van der Waals surface area contributed by atoms with Crippen LogP contribution in [0.25, 0.3) is 11.4 Å². The zero-order chi connectivity index (χ0) is 20.1. The molecule has 28 heavy (non-hydrogen) atoms. The van der Waals surface area contributed by atoms with Crippen LogP contribution in [0.1, 0.15) is 31.3 Å². The summed E-state index contributed by atoms with van der Waals surface area (Å²) in [5.41, 5.74) is 1.28. The van der Waals surface area contributed by atoms with Gasteiger partial charge in [0.2, 0.25) is 11.7 Å². The maximum Gasteiger partial charge on any atom is 0.387 e. The van der Waals surface area contributed by atoms with E-state index in [1.54, 1.807) is 30.3 Å². The normalized spacial score (nSPS) is 12.5. The Kier molecular flexibility index (Phi) is 6.30. The van der Waals surface area contributed by atoms with E-state index in [2.05, 4.69) is 19.8 Å². The Morgan fingerprint density at radius 1 is 1.11 bits per heavy atom. The summed E-state index contributed by atoms with van der Waals surface area (Å²) in [6.07, 6.45) is 0. The number of ether oxygens (including phenoxy) is 1. The van der Waals surface area contributed by atoms with Gasteiger partial charge in [-0.15, -0.1) is 0 Å². The summed E-state index contributed by atoms with van der Waals surface area (Å²) in [7, 11) is 0. The molecule has 0 radical (unpaired) electrons. The highest BCUT2D eigenvalue weighted by Gasteiger charge is 2.20. The number of rotatable bonds is 8. The van der Waals surface area contributed by atoms with Crippen LogP contribution in [-0.2, 0) is 6.54 Å². The minimum atomic E-state index is -2.94. The minimum Gasteiger partial charge on any atom is -0.434 e. The molecular formula is C20H20F3N3O2. The molecule has 3 aromatic rings. The summed E-state index contributed by atoms with van der Waals surface area (Å²) in [5.74, 6) is 0.219. The largest absolute Gasteiger partial charge is 0.434 e. The maximum absolute atomic E-state index is 13.2. The van der Waals surface area contributed by atoms with Gasteiger partial charge in [0.25, 0.3) is 0 Å². The number of aromatic nitrogens is 2. The van der Waals surface area contributed by atoms with Crippen molar-refractivity contribution in [3.63, 3.8) is 0 Å². The third-order valence-electron chi connectivity index (χ3n) is 4.46. The average molecular weight is 391 g/mol. The summed E-state index contributed by atoms with van der Waals surface area (Å²) in [4.78, 5) is 6.40. The smallest absolute Gasteiger partial charge is 0.387 e. The zero-order valence-corrected chi connectivity index (χ0v) is 15.5. The van der Waals surface area contributed by atoms with Crippen molar-refractivity contribution in [2.45, 2.75) is 33.0 Å². The molecule has 0 amide bonds.